The van der Waals surface area contributed by atoms with E-state index in [0.29, 0.717) is 0 Å². The molecule has 0 radical (unpaired) electrons. The molecule has 220 valence electrons. The molecular formula is C42H29BrN2O. The fraction of sp³-hybridized carbons (Fsp3) is 0.0238. The van der Waals surface area contributed by atoms with Crippen LogP contribution in [-0.2, 0) is 0 Å². The van der Waals surface area contributed by atoms with Gasteiger partial charge in [-0.3, -0.25) is 4.57 Å². The zero-order chi connectivity index (χ0) is 31.2. The molecule has 3 nitrogen and oxygen atoms in total. The summed E-state index contributed by atoms with van der Waals surface area (Å²) in [5.74, 6) is 0.875. The topological polar surface area (TPSA) is 30.4 Å². The molecule has 8 rings (SSSR count). The molecule has 0 N–H and O–H groups in total. The molecule has 6 aromatic carbocycles. The lowest BCUT2D eigenvalue weighted by molar-refractivity contribution is 0.669. The van der Waals surface area contributed by atoms with E-state index >= 15 is 0 Å². The molecule has 0 atom stereocenters. The zero-order valence-corrected chi connectivity index (χ0v) is 26.8. The average Bonchev–Trinajstić information content (AvgIpc) is 3.64. The highest BCUT2D eigenvalue weighted by Gasteiger charge is 2.16. The summed E-state index contributed by atoms with van der Waals surface area (Å²) in [6.45, 7) is 6.47. The molecule has 46 heavy (non-hydrogen) atoms. The highest BCUT2D eigenvalue weighted by atomic mass is 79.9. The summed E-state index contributed by atoms with van der Waals surface area (Å²) in [6, 6.07) is 48.3. The van der Waals surface area contributed by atoms with Crippen LogP contribution < -0.4 is 0 Å². The molecule has 0 fully saturated rings. The van der Waals surface area contributed by atoms with Crippen LogP contribution in [-0.4, -0.2) is 10.4 Å². The largest absolute Gasteiger partial charge is 0.456 e. The van der Waals surface area contributed by atoms with Crippen molar-refractivity contribution in [1.82, 2.24) is 4.57 Å². The minimum Gasteiger partial charge on any atom is -0.456 e. The summed E-state index contributed by atoms with van der Waals surface area (Å²) in [6.07, 6.45) is 2.08. The first-order chi connectivity index (χ1) is 22.5. The van der Waals surface area contributed by atoms with E-state index < -0.39 is 0 Å². The van der Waals surface area contributed by atoms with E-state index in [-0.39, 0.29) is 0 Å². The Kier molecular flexibility index (Phi) is 7.00. The van der Waals surface area contributed by atoms with E-state index in [1.807, 2.05) is 48.5 Å². The van der Waals surface area contributed by atoms with Crippen molar-refractivity contribution >= 4 is 76.8 Å². The Labute approximate surface area is 275 Å². The molecule has 4 heteroatoms. The highest BCUT2D eigenvalue weighted by Crippen LogP contribution is 2.38. The number of aliphatic imine (C=N–C) groups is 1. The molecular weight excluding hydrogens is 628 g/mol. The SMILES string of the molecule is C=C(/C=C(\N=C(/C)n1c2ccccc2c2ccc(-c3ccc4oc5cccc(Br)c5c4c3)cc21)c1ccccc1)c1ccccc1. The van der Waals surface area contributed by atoms with Crippen LogP contribution in [0.1, 0.15) is 18.1 Å². The first kappa shape index (κ1) is 28.1. The van der Waals surface area contributed by atoms with Gasteiger partial charge in [-0.15, -0.1) is 0 Å². The third-order valence-electron chi connectivity index (χ3n) is 8.58. The van der Waals surface area contributed by atoms with E-state index in [1.165, 1.54) is 10.8 Å². The Balaban J connectivity index is 1.31. The fourth-order valence-electron chi connectivity index (χ4n) is 6.38. The molecule has 0 saturated carbocycles. The molecule has 0 spiro atoms. The number of rotatable bonds is 5. The molecule has 0 amide bonds. The van der Waals surface area contributed by atoms with Crippen LogP contribution in [0.3, 0.4) is 0 Å². The smallest absolute Gasteiger partial charge is 0.136 e. The van der Waals surface area contributed by atoms with Crippen LogP contribution in [0.25, 0.3) is 66.1 Å². The third kappa shape index (κ3) is 4.88. The number of aromatic nitrogens is 1. The normalized spacial score (nSPS) is 12.5. The molecule has 0 aliphatic heterocycles. The van der Waals surface area contributed by atoms with Gasteiger partial charge < -0.3 is 4.42 Å². The van der Waals surface area contributed by atoms with Crippen LogP contribution in [0.4, 0.5) is 0 Å². The predicted molar refractivity (Wildman–Crippen MR) is 198 cm³/mol. The second kappa shape index (κ2) is 11.5. The lowest BCUT2D eigenvalue weighted by Crippen LogP contribution is -2.07. The van der Waals surface area contributed by atoms with Gasteiger partial charge >= 0.3 is 0 Å². The van der Waals surface area contributed by atoms with Crippen molar-refractivity contribution in [2.45, 2.75) is 6.92 Å². The van der Waals surface area contributed by atoms with Gasteiger partial charge in [-0.05, 0) is 71.7 Å². The van der Waals surface area contributed by atoms with Gasteiger partial charge in [-0.1, -0.05) is 126 Å². The zero-order valence-electron chi connectivity index (χ0n) is 25.2. The molecule has 0 aliphatic rings. The molecule has 2 aromatic heterocycles. The van der Waals surface area contributed by atoms with Crippen LogP contribution in [0.5, 0.6) is 0 Å². The summed E-state index contributed by atoms with van der Waals surface area (Å²) in [5.41, 5.74) is 10.1. The Hall–Kier alpha value is -5.45. The molecule has 2 heterocycles. The van der Waals surface area contributed by atoms with Crippen molar-refractivity contribution in [3.05, 3.63) is 168 Å². The number of nitrogens with zero attached hydrogens (tertiary/aromatic N) is 2. The maximum atomic E-state index is 6.15. The second-order valence-electron chi connectivity index (χ2n) is 11.5. The van der Waals surface area contributed by atoms with E-state index in [9.17, 15) is 0 Å². The van der Waals surface area contributed by atoms with Gasteiger partial charge in [0.2, 0.25) is 0 Å². The van der Waals surface area contributed by atoms with E-state index in [1.54, 1.807) is 0 Å². The lowest BCUT2D eigenvalue weighted by atomic mass is 10.0. The summed E-state index contributed by atoms with van der Waals surface area (Å²) in [5, 5.41) is 4.56. The van der Waals surface area contributed by atoms with E-state index in [4.69, 9.17) is 9.41 Å². The maximum Gasteiger partial charge on any atom is 0.136 e. The number of benzene rings is 6. The van der Waals surface area contributed by atoms with Gasteiger partial charge in [-0.25, -0.2) is 4.99 Å². The number of para-hydroxylation sites is 1. The predicted octanol–water partition coefficient (Wildman–Crippen LogP) is 12.1. The number of fused-ring (bicyclic) bond motifs is 6. The Morgan fingerprint density at radius 1 is 0.652 bits per heavy atom. The summed E-state index contributed by atoms with van der Waals surface area (Å²) >= 11 is 3.73. The Morgan fingerprint density at radius 2 is 1.33 bits per heavy atom. The van der Waals surface area contributed by atoms with Crippen LogP contribution >= 0.6 is 15.9 Å². The lowest BCUT2D eigenvalue weighted by Gasteiger charge is -2.11. The van der Waals surface area contributed by atoms with E-state index in [2.05, 4.69) is 131 Å². The van der Waals surface area contributed by atoms with Gasteiger partial charge in [0.15, 0.2) is 0 Å². The Morgan fingerprint density at radius 3 is 2.13 bits per heavy atom. The van der Waals surface area contributed by atoms with Crippen molar-refractivity contribution in [2.24, 2.45) is 4.99 Å². The number of halogens is 1. The van der Waals surface area contributed by atoms with E-state index in [0.717, 1.165) is 76.8 Å². The van der Waals surface area contributed by atoms with Gasteiger partial charge in [0.25, 0.3) is 0 Å². The van der Waals surface area contributed by atoms with Crippen molar-refractivity contribution in [1.29, 1.82) is 0 Å². The first-order valence-electron chi connectivity index (χ1n) is 15.3. The van der Waals surface area contributed by atoms with Gasteiger partial charge in [0.1, 0.15) is 17.0 Å². The molecule has 0 saturated heterocycles. The van der Waals surface area contributed by atoms with Crippen LogP contribution in [0.2, 0.25) is 0 Å². The second-order valence-corrected chi connectivity index (χ2v) is 12.3. The fourth-order valence-corrected chi connectivity index (χ4v) is 6.94. The highest BCUT2D eigenvalue weighted by molar-refractivity contribution is 9.10. The molecule has 0 unspecified atom stereocenters. The number of allylic oxidation sites excluding steroid dienone is 2. The van der Waals surface area contributed by atoms with Crippen molar-refractivity contribution < 1.29 is 4.42 Å². The molecule has 0 bridgehead atoms. The minimum atomic E-state index is 0.858. The Bertz CT molecular complexity index is 2500. The van der Waals surface area contributed by atoms with Crippen molar-refractivity contribution in [2.75, 3.05) is 0 Å². The van der Waals surface area contributed by atoms with Gasteiger partial charge in [-0.2, -0.15) is 0 Å². The number of furan rings is 1. The number of hydrogen-bond donors (Lipinski definition) is 0. The monoisotopic (exact) mass is 656 g/mol. The van der Waals surface area contributed by atoms with Crippen molar-refractivity contribution in [3.63, 3.8) is 0 Å². The first-order valence-corrected chi connectivity index (χ1v) is 16.1. The summed E-state index contributed by atoms with van der Waals surface area (Å²) in [4.78, 5) is 5.30. The molecule has 0 aliphatic carbocycles. The van der Waals surface area contributed by atoms with Gasteiger partial charge in [0, 0.05) is 31.6 Å². The third-order valence-corrected chi connectivity index (χ3v) is 9.24. The summed E-state index contributed by atoms with van der Waals surface area (Å²) in [7, 11) is 0. The van der Waals surface area contributed by atoms with Crippen LogP contribution in [0.15, 0.2) is 166 Å². The quantitative estimate of drug-likeness (QED) is 0.103. The average molecular weight is 658 g/mol. The van der Waals surface area contributed by atoms with Gasteiger partial charge in [0.05, 0.1) is 16.7 Å². The summed E-state index contributed by atoms with van der Waals surface area (Å²) < 4.78 is 9.46. The maximum absolute atomic E-state index is 6.15. The minimum absolute atomic E-state index is 0.858. The number of hydrogen-bond acceptors (Lipinski definition) is 2. The van der Waals surface area contributed by atoms with Crippen molar-refractivity contribution in [3.8, 4) is 11.1 Å². The molecule has 8 aromatic rings. The van der Waals surface area contributed by atoms with Crippen LogP contribution in [0, 0.1) is 0 Å². The standard InChI is InChI=1S/C42H29BrN2O/c1-27(29-12-5-3-6-13-29)24-37(30-14-7-4-8-15-30)44-28(2)45-38-18-10-9-16-33(38)34-22-20-32(26-39(34)45)31-21-23-40-35(25-31)42-36(43)17-11-19-41(42)46-40/h3-26H,1H2,2H3/b37-24-,44-28+.